The lowest BCUT2D eigenvalue weighted by Gasteiger charge is -2.59. The van der Waals surface area contributed by atoms with E-state index in [0.29, 0.717) is 51.5 Å². The number of carbonyl (C=O) groups excluding carboxylic acids is 3. The molecule has 67 heavy (non-hydrogen) atoms. The average Bonchev–Trinajstić information content (AvgIpc) is 3.54. The number of ether oxygens (including phenoxy) is 6. The summed E-state index contributed by atoms with van der Waals surface area (Å²) in [4.78, 5) is 39.0. The predicted molar refractivity (Wildman–Crippen MR) is 243 cm³/mol. The number of esters is 1. The summed E-state index contributed by atoms with van der Waals surface area (Å²) >= 11 is 0. The van der Waals surface area contributed by atoms with Gasteiger partial charge in [-0.05, 0) is 91.6 Å². The number of ketones is 1. The van der Waals surface area contributed by atoms with Crippen LogP contribution in [0.15, 0.2) is 48.6 Å². The molecule has 2 saturated heterocycles. The third kappa shape index (κ3) is 10.6. The third-order valence-electron chi connectivity index (χ3n) is 16.6. The van der Waals surface area contributed by atoms with Gasteiger partial charge in [-0.25, -0.2) is 4.79 Å². The standard InChI is InChI=1S/C51H75NO15/c1-7-22-62-41(56)17-13-30-9-11-31(12-10-30)25-52-48(60)65-33-18-20-49(5)32(23-33)14-15-34-35(49)19-21-50(6)36(34)24-40(51(50,61)29(4)37(53)16-8-28(2)3)66-47-44(59)45(39(55)27-64-47)67-46-43(58)42(57)38(54)26-63-46/h7,9-12,14,28-29,33-36,38-40,42-47,54-55,57-59,61H,1,8,13,15-27H2,2-6H3,(H,52,60)/t29-,33+,34-,35?,36+,38?,39?,40+,42?,43?,44?,45?,46?,47?,49+,50+,51-/m1/s1. The van der Waals surface area contributed by atoms with E-state index < -0.39 is 78.3 Å². The molecule has 16 heteroatoms. The molecule has 0 aromatic heterocycles. The molecule has 374 valence electrons. The number of hydrogen-bond donors (Lipinski definition) is 7. The van der Waals surface area contributed by atoms with E-state index >= 15 is 0 Å². The summed E-state index contributed by atoms with van der Waals surface area (Å²) in [5, 5.41) is 69.5. The number of amides is 1. The van der Waals surface area contributed by atoms with E-state index in [9.17, 15) is 45.0 Å². The number of fused-ring (bicyclic) bond motifs is 5. The Morgan fingerprint density at radius 1 is 0.881 bits per heavy atom. The van der Waals surface area contributed by atoms with E-state index in [2.05, 4.69) is 45.7 Å². The molecule has 16 nitrogen and oxygen atoms in total. The van der Waals surface area contributed by atoms with Crippen LogP contribution in [0.3, 0.4) is 0 Å². The lowest BCUT2D eigenvalue weighted by molar-refractivity contribution is -0.344. The van der Waals surface area contributed by atoms with Crippen molar-refractivity contribution in [1.29, 1.82) is 0 Å². The number of allylic oxidation sites excluding steroid dienone is 1. The zero-order valence-electron chi connectivity index (χ0n) is 39.8. The zero-order valence-corrected chi connectivity index (χ0v) is 39.8. The smallest absolute Gasteiger partial charge is 0.407 e. The highest BCUT2D eigenvalue weighted by Crippen LogP contribution is 2.69. The SMILES string of the molecule is C=CCOC(=O)CCc1ccc(CNC(=O)O[C@H]2CC[C@@]3(C)C(=CC[C@@H]4C3CC[C@@]3(C)[C@H]4C[C@H](OC4OCC(O)C(OC5OCC(O)C(O)C5O)C4O)[C@]3(O)[C@H](C)C(=O)CCC(C)C)C2)cc1. The molecule has 5 fully saturated rings. The average molecular weight is 942 g/mol. The number of nitrogens with one attached hydrogen (secondary N) is 1. The molecule has 1 aromatic carbocycles. The fourth-order valence-corrected chi connectivity index (χ4v) is 12.5. The molecule has 3 saturated carbocycles. The van der Waals surface area contributed by atoms with E-state index in [1.54, 1.807) is 6.92 Å². The Bertz CT molecular complexity index is 1930. The van der Waals surface area contributed by atoms with Gasteiger partial charge in [0.1, 0.15) is 60.7 Å². The van der Waals surface area contributed by atoms with Crippen LogP contribution in [0.2, 0.25) is 0 Å². The molecular formula is C51H75NO15. The van der Waals surface area contributed by atoms with Crippen molar-refractivity contribution in [3.8, 4) is 0 Å². The normalized spacial score (nSPS) is 39.8. The van der Waals surface area contributed by atoms with Gasteiger partial charge in [-0.2, -0.15) is 0 Å². The Balaban J connectivity index is 1.02. The summed E-state index contributed by atoms with van der Waals surface area (Å²) in [5.74, 6) is -0.531. The number of aliphatic hydroxyl groups excluding tert-OH is 5. The first-order valence-corrected chi connectivity index (χ1v) is 24.5. The summed E-state index contributed by atoms with van der Waals surface area (Å²) in [5.41, 5.74) is 0.608. The van der Waals surface area contributed by atoms with Crippen LogP contribution in [-0.2, 0) is 51.0 Å². The van der Waals surface area contributed by atoms with Gasteiger partial charge in [-0.3, -0.25) is 9.59 Å². The molecule has 1 amide bonds. The second-order valence-corrected chi connectivity index (χ2v) is 21.0. The van der Waals surface area contributed by atoms with Crippen molar-refractivity contribution in [2.24, 2.45) is 40.4 Å². The fourth-order valence-electron chi connectivity index (χ4n) is 12.5. The molecule has 4 aliphatic carbocycles. The first-order chi connectivity index (χ1) is 31.8. The maximum Gasteiger partial charge on any atom is 0.407 e. The molecule has 7 rings (SSSR count). The monoisotopic (exact) mass is 942 g/mol. The van der Waals surface area contributed by atoms with Crippen molar-refractivity contribution in [2.75, 3.05) is 19.8 Å². The largest absolute Gasteiger partial charge is 0.461 e. The molecule has 6 aliphatic rings. The lowest BCUT2D eigenvalue weighted by Crippen LogP contribution is -2.63. The van der Waals surface area contributed by atoms with Gasteiger partial charge in [0.25, 0.3) is 0 Å². The van der Waals surface area contributed by atoms with Crippen molar-refractivity contribution < 1.29 is 73.4 Å². The Kier molecular flexibility index (Phi) is 16.4. The summed E-state index contributed by atoms with van der Waals surface area (Å²) in [6.45, 7) is 13.7. The quantitative estimate of drug-likeness (QED) is 0.0857. The first kappa shape index (κ1) is 51.6. The molecule has 1 aromatic rings. The van der Waals surface area contributed by atoms with Crippen molar-refractivity contribution >= 4 is 17.8 Å². The van der Waals surface area contributed by atoms with Gasteiger partial charge in [0.15, 0.2) is 12.6 Å². The Morgan fingerprint density at radius 3 is 2.27 bits per heavy atom. The zero-order chi connectivity index (χ0) is 48.4. The van der Waals surface area contributed by atoms with E-state index in [1.807, 2.05) is 24.3 Å². The molecule has 9 unspecified atom stereocenters. The van der Waals surface area contributed by atoms with Gasteiger partial charge in [-0.1, -0.05) is 83.2 Å². The fraction of sp³-hybridized carbons (Fsp3) is 0.745. The van der Waals surface area contributed by atoms with Gasteiger partial charge in [-0.15, -0.1) is 0 Å². The van der Waals surface area contributed by atoms with Crippen LogP contribution in [-0.4, -0.2) is 135 Å². The van der Waals surface area contributed by atoms with Crippen molar-refractivity contribution in [3.63, 3.8) is 0 Å². The molecule has 0 spiro atoms. The Hall–Kier alpha value is -3.29. The topological polar surface area (TPSA) is 240 Å². The number of aryl methyl sites for hydroxylation is 1. The molecular weight excluding hydrogens is 867 g/mol. The van der Waals surface area contributed by atoms with Gasteiger partial charge in [0.05, 0.1) is 19.3 Å². The van der Waals surface area contributed by atoms with Crippen LogP contribution in [0, 0.1) is 40.4 Å². The number of hydrogen-bond acceptors (Lipinski definition) is 15. The van der Waals surface area contributed by atoms with E-state index in [-0.39, 0.29) is 73.2 Å². The minimum atomic E-state index is -1.66. The Labute approximate surface area is 394 Å². The number of benzene rings is 1. The number of Topliss-reactive ketones (excluding diaryl/α,β-unsaturated/α-hetero) is 1. The summed E-state index contributed by atoms with van der Waals surface area (Å²) in [6.07, 6.45) is -3.13. The van der Waals surface area contributed by atoms with Crippen LogP contribution in [0.1, 0.15) is 110 Å². The minimum Gasteiger partial charge on any atom is -0.461 e. The maximum atomic E-state index is 14.1. The van der Waals surface area contributed by atoms with Gasteiger partial charge in [0.2, 0.25) is 0 Å². The van der Waals surface area contributed by atoms with E-state index in [0.717, 1.165) is 30.4 Å². The van der Waals surface area contributed by atoms with Crippen LogP contribution in [0.5, 0.6) is 0 Å². The number of aliphatic hydroxyl groups is 6. The molecule has 2 heterocycles. The van der Waals surface area contributed by atoms with E-state index in [4.69, 9.17) is 28.4 Å². The number of carbonyl (C=O) groups is 3. The van der Waals surface area contributed by atoms with E-state index in [1.165, 1.54) is 11.6 Å². The van der Waals surface area contributed by atoms with Crippen LogP contribution < -0.4 is 5.32 Å². The molecule has 0 radical (unpaired) electrons. The predicted octanol–water partition coefficient (Wildman–Crippen LogP) is 4.18. The third-order valence-corrected chi connectivity index (χ3v) is 16.6. The highest BCUT2D eigenvalue weighted by atomic mass is 16.7. The van der Waals surface area contributed by atoms with Gasteiger partial charge in [0, 0.05) is 37.1 Å². The van der Waals surface area contributed by atoms with Crippen molar-refractivity contribution in [3.05, 3.63) is 59.7 Å². The van der Waals surface area contributed by atoms with Crippen LogP contribution >= 0.6 is 0 Å². The molecule has 0 bridgehead atoms. The van der Waals surface area contributed by atoms with Crippen LogP contribution in [0.4, 0.5) is 4.79 Å². The van der Waals surface area contributed by atoms with Gasteiger partial charge < -0.3 is 64.4 Å². The summed E-state index contributed by atoms with van der Waals surface area (Å²) in [7, 11) is 0. The Morgan fingerprint density at radius 2 is 1.57 bits per heavy atom. The molecule has 7 N–H and O–H groups in total. The van der Waals surface area contributed by atoms with Crippen molar-refractivity contribution in [1.82, 2.24) is 5.32 Å². The second-order valence-electron chi connectivity index (χ2n) is 21.0. The minimum absolute atomic E-state index is 0.0616. The maximum absolute atomic E-state index is 14.1. The summed E-state index contributed by atoms with van der Waals surface area (Å²) < 4.78 is 34.8. The lowest BCUT2D eigenvalue weighted by atomic mass is 9.46. The molecule has 2 aliphatic heterocycles. The highest BCUT2D eigenvalue weighted by Gasteiger charge is 2.70. The number of alkyl carbamates (subject to hydrolysis) is 1. The molecule has 17 atom stereocenters. The van der Waals surface area contributed by atoms with Crippen molar-refractivity contribution in [2.45, 2.75) is 179 Å². The van der Waals surface area contributed by atoms with Crippen LogP contribution in [0.25, 0.3) is 0 Å². The highest BCUT2D eigenvalue weighted by molar-refractivity contribution is 5.82. The summed E-state index contributed by atoms with van der Waals surface area (Å²) in [6, 6.07) is 7.72. The number of rotatable bonds is 17. The first-order valence-electron chi connectivity index (χ1n) is 24.5. The van der Waals surface area contributed by atoms with Gasteiger partial charge >= 0.3 is 12.1 Å². The second kappa shape index (κ2) is 21.4.